The van der Waals surface area contributed by atoms with Crippen LogP contribution in [-0.2, 0) is 28.8 Å². The summed E-state index contributed by atoms with van der Waals surface area (Å²) in [6.07, 6.45) is 2.92. The first kappa shape index (κ1) is 16.7. The minimum atomic E-state index is -0.370. The van der Waals surface area contributed by atoms with E-state index in [0.29, 0.717) is 25.9 Å². The SMILES string of the molecule is C=C(C)COOCCOC(=O)C1CCCCC1OC=O. The second-order valence-electron chi connectivity index (χ2n) is 4.87. The molecule has 6 nitrogen and oxygen atoms in total. The van der Waals surface area contributed by atoms with Crippen molar-refractivity contribution in [3.8, 4) is 0 Å². The molecule has 0 aromatic carbocycles. The summed E-state index contributed by atoms with van der Waals surface area (Å²) in [5, 5.41) is 0. The maximum Gasteiger partial charge on any atom is 0.312 e. The van der Waals surface area contributed by atoms with Crippen LogP contribution in [0, 0.1) is 5.92 Å². The van der Waals surface area contributed by atoms with Gasteiger partial charge in [0.15, 0.2) is 0 Å². The summed E-state index contributed by atoms with van der Waals surface area (Å²) in [5.74, 6) is -0.717. The summed E-state index contributed by atoms with van der Waals surface area (Å²) in [5.41, 5.74) is 0.845. The molecule has 2 atom stereocenters. The molecule has 0 heterocycles. The van der Waals surface area contributed by atoms with Crippen molar-refractivity contribution in [3.05, 3.63) is 12.2 Å². The number of rotatable bonds is 9. The Balaban J connectivity index is 2.20. The Morgan fingerprint density at radius 2 is 2.00 bits per heavy atom. The maximum atomic E-state index is 11.9. The van der Waals surface area contributed by atoms with Gasteiger partial charge in [-0.15, -0.1) is 0 Å². The van der Waals surface area contributed by atoms with Crippen LogP contribution in [0.2, 0.25) is 0 Å². The van der Waals surface area contributed by atoms with Gasteiger partial charge in [0.25, 0.3) is 6.47 Å². The van der Waals surface area contributed by atoms with Crippen LogP contribution in [0.25, 0.3) is 0 Å². The highest BCUT2D eigenvalue weighted by atomic mass is 17.2. The summed E-state index contributed by atoms with van der Waals surface area (Å²) in [4.78, 5) is 32.0. The van der Waals surface area contributed by atoms with E-state index in [1.165, 1.54) is 0 Å². The van der Waals surface area contributed by atoms with Gasteiger partial charge >= 0.3 is 5.97 Å². The number of ether oxygens (including phenoxy) is 2. The lowest BCUT2D eigenvalue weighted by atomic mass is 9.86. The smallest absolute Gasteiger partial charge is 0.312 e. The molecule has 1 aliphatic rings. The van der Waals surface area contributed by atoms with Crippen molar-refractivity contribution in [2.45, 2.75) is 38.7 Å². The monoisotopic (exact) mass is 286 g/mol. The van der Waals surface area contributed by atoms with Crippen LogP contribution in [0.15, 0.2) is 12.2 Å². The Kier molecular flexibility index (Phi) is 7.91. The van der Waals surface area contributed by atoms with Gasteiger partial charge in [-0.3, -0.25) is 9.59 Å². The Labute approximate surface area is 118 Å². The fraction of sp³-hybridized carbons (Fsp3) is 0.714. The molecular formula is C14H22O6. The fourth-order valence-electron chi connectivity index (χ4n) is 2.09. The van der Waals surface area contributed by atoms with Gasteiger partial charge in [-0.05, 0) is 26.2 Å². The molecule has 0 bridgehead atoms. The molecule has 1 rings (SSSR count). The first-order chi connectivity index (χ1) is 9.65. The molecule has 0 saturated heterocycles. The standard InChI is InChI=1S/C14H22O6/c1-11(2)9-20-19-8-7-17-14(16)12-5-3-4-6-13(12)18-10-15/h10,12-13H,1,3-9H2,2H3. The number of carbonyl (C=O) groups is 2. The summed E-state index contributed by atoms with van der Waals surface area (Å²) in [6.45, 7) is 6.45. The van der Waals surface area contributed by atoms with Gasteiger partial charge in [0.2, 0.25) is 0 Å². The van der Waals surface area contributed by atoms with Crippen LogP contribution in [0.1, 0.15) is 32.6 Å². The van der Waals surface area contributed by atoms with Crippen LogP contribution in [0.5, 0.6) is 0 Å². The van der Waals surface area contributed by atoms with Crippen LogP contribution in [0.3, 0.4) is 0 Å². The molecule has 0 radical (unpaired) electrons. The zero-order valence-electron chi connectivity index (χ0n) is 11.8. The predicted molar refractivity (Wildman–Crippen MR) is 70.6 cm³/mol. The zero-order valence-corrected chi connectivity index (χ0v) is 11.8. The van der Waals surface area contributed by atoms with E-state index < -0.39 is 0 Å². The van der Waals surface area contributed by atoms with Crippen molar-refractivity contribution in [2.75, 3.05) is 19.8 Å². The lowest BCUT2D eigenvalue weighted by Crippen LogP contribution is -2.35. The lowest BCUT2D eigenvalue weighted by Gasteiger charge is -2.28. The third kappa shape index (κ3) is 6.16. The Bertz CT molecular complexity index is 328. The second kappa shape index (κ2) is 9.50. The van der Waals surface area contributed by atoms with E-state index in [9.17, 15) is 9.59 Å². The largest absolute Gasteiger partial charge is 0.464 e. The van der Waals surface area contributed by atoms with Crippen molar-refractivity contribution in [3.63, 3.8) is 0 Å². The number of hydrogen-bond acceptors (Lipinski definition) is 6. The third-order valence-electron chi connectivity index (χ3n) is 3.04. The first-order valence-corrected chi connectivity index (χ1v) is 6.79. The van der Waals surface area contributed by atoms with E-state index in [4.69, 9.17) is 19.2 Å². The number of hydrogen-bond donors (Lipinski definition) is 0. The van der Waals surface area contributed by atoms with Crippen molar-refractivity contribution >= 4 is 12.4 Å². The van der Waals surface area contributed by atoms with Gasteiger partial charge in [0.1, 0.15) is 25.9 Å². The van der Waals surface area contributed by atoms with E-state index >= 15 is 0 Å². The van der Waals surface area contributed by atoms with Crippen molar-refractivity contribution < 1.29 is 28.8 Å². The summed E-state index contributed by atoms with van der Waals surface area (Å²) < 4.78 is 10.0. The minimum absolute atomic E-state index is 0.110. The average molecular weight is 286 g/mol. The van der Waals surface area contributed by atoms with Crippen molar-refractivity contribution in [1.29, 1.82) is 0 Å². The number of esters is 1. The topological polar surface area (TPSA) is 71.1 Å². The maximum absolute atomic E-state index is 11.9. The molecule has 6 heteroatoms. The van der Waals surface area contributed by atoms with E-state index in [2.05, 4.69) is 6.58 Å². The molecule has 2 unspecified atom stereocenters. The molecule has 0 N–H and O–H groups in total. The molecule has 20 heavy (non-hydrogen) atoms. The molecule has 0 aromatic rings. The van der Waals surface area contributed by atoms with Gasteiger partial charge in [0, 0.05) is 0 Å². The summed E-state index contributed by atoms with van der Waals surface area (Å²) in [7, 11) is 0. The molecule has 1 saturated carbocycles. The minimum Gasteiger partial charge on any atom is -0.464 e. The van der Waals surface area contributed by atoms with Crippen LogP contribution in [-0.4, -0.2) is 38.4 Å². The number of carbonyl (C=O) groups excluding carboxylic acids is 2. The highest BCUT2D eigenvalue weighted by molar-refractivity contribution is 5.73. The highest BCUT2D eigenvalue weighted by Gasteiger charge is 2.33. The summed E-state index contributed by atoms with van der Waals surface area (Å²) in [6, 6.07) is 0. The third-order valence-corrected chi connectivity index (χ3v) is 3.04. The summed E-state index contributed by atoms with van der Waals surface area (Å²) >= 11 is 0. The molecule has 1 aliphatic carbocycles. The van der Waals surface area contributed by atoms with Gasteiger partial charge in [-0.2, -0.15) is 0 Å². The van der Waals surface area contributed by atoms with Gasteiger partial charge < -0.3 is 9.47 Å². The molecule has 0 spiro atoms. The predicted octanol–water partition coefficient (Wildman–Crippen LogP) is 1.79. The fourth-order valence-corrected chi connectivity index (χ4v) is 2.09. The van der Waals surface area contributed by atoms with E-state index in [1.807, 2.05) is 6.92 Å². The van der Waals surface area contributed by atoms with Gasteiger partial charge in [0.05, 0.1) is 5.92 Å². The molecule has 0 aliphatic heterocycles. The molecular weight excluding hydrogens is 264 g/mol. The van der Waals surface area contributed by atoms with E-state index in [0.717, 1.165) is 18.4 Å². The average Bonchev–Trinajstić information content (AvgIpc) is 2.43. The normalized spacial score (nSPS) is 22.1. The van der Waals surface area contributed by atoms with Gasteiger partial charge in [-0.25, -0.2) is 9.78 Å². The van der Waals surface area contributed by atoms with Crippen LogP contribution >= 0.6 is 0 Å². The van der Waals surface area contributed by atoms with Crippen LogP contribution < -0.4 is 0 Å². The Hall–Kier alpha value is -1.40. The highest BCUT2D eigenvalue weighted by Crippen LogP contribution is 2.27. The molecule has 1 fully saturated rings. The van der Waals surface area contributed by atoms with Crippen molar-refractivity contribution in [1.82, 2.24) is 0 Å². The quantitative estimate of drug-likeness (QED) is 0.161. The lowest BCUT2D eigenvalue weighted by molar-refractivity contribution is -0.292. The Morgan fingerprint density at radius 3 is 2.70 bits per heavy atom. The van der Waals surface area contributed by atoms with E-state index in [1.54, 1.807) is 0 Å². The first-order valence-electron chi connectivity index (χ1n) is 6.79. The molecule has 0 aromatic heterocycles. The molecule has 0 amide bonds. The van der Waals surface area contributed by atoms with Crippen molar-refractivity contribution in [2.24, 2.45) is 5.92 Å². The zero-order chi connectivity index (χ0) is 14.8. The Morgan fingerprint density at radius 1 is 1.25 bits per heavy atom. The second-order valence-corrected chi connectivity index (χ2v) is 4.87. The van der Waals surface area contributed by atoms with Gasteiger partial charge in [-0.1, -0.05) is 18.6 Å². The van der Waals surface area contributed by atoms with Crippen LogP contribution in [0.4, 0.5) is 0 Å². The van der Waals surface area contributed by atoms with E-state index in [-0.39, 0.29) is 31.2 Å². The molecule has 114 valence electrons.